The SMILES string of the molecule is c1ccc(Cc2nc3nc(CSc4ccc5ccccc5c4)ccn3n2)cc1. The van der Waals surface area contributed by atoms with Crippen LogP contribution in [0.5, 0.6) is 0 Å². The van der Waals surface area contributed by atoms with Crippen molar-refractivity contribution in [1.29, 1.82) is 0 Å². The molecule has 0 aliphatic rings. The van der Waals surface area contributed by atoms with Crippen LogP contribution in [0.2, 0.25) is 0 Å². The summed E-state index contributed by atoms with van der Waals surface area (Å²) in [5.41, 5.74) is 2.20. The molecule has 0 N–H and O–H groups in total. The van der Waals surface area contributed by atoms with Crippen LogP contribution >= 0.6 is 11.8 Å². The van der Waals surface area contributed by atoms with E-state index in [1.165, 1.54) is 21.2 Å². The second kappa shape index (κ2) is 7.44. The van der Waals surface area contributed by atoms with Gasteiger partial charge in [0.2, 0.25) is 0 Å². The van der Waals surface area contributed by atoms with Gasteiger partial charge in [-0.2, -0.15) is 4.98 Å². The summed E-state index contributed by atoms with van der Waals surface area (Å²) in [6.07, 6.45) is 2.66. The molecule has 0 unspecified atom stereocenters. The third kappa shape index (κ3) is 3.62. The topological polar surface area (TPSA) is 43.1 Å². The highest BCUT2D eigenvalue weighted by Gasteiger charge is 2.07. The van der Waals surface area contributed by atoms with E-state index in [2.05, 4.69) is 69.7 Å². The summed E-state index contributed by atoms with van der Waals surface area (Å²) in [6.45, 7) is 0. The summed E-state index contributed by atoms with van der Waals surface area (Å²) in [6, 6.07) is 27.3. The predicted octanol–water partition coefficient (Wildman–Crippen LogP) is 5.16. The maximum atomic E-state index is 4.68. The van der Waals surface area contributed by atoms with Crippen molar-refractivity contribution in [2.45, 2.75) is 17.1 Å². The number of hydrogen-bond acceptors (Lipinski definition) is 4. The van der Waals surface area contributed by atoms with Crippen LogP contribution in [0.15, 0.2) is 90.0 Å². The number of fused-ring (bicyclic) bond motifs is 2. The van der Waals surface area contributed by atoms with Crippen LogP contribution in [0.25, 0.3) is 16.6 Å². The zero-order chi connectivity index (χ0) is 18.8. The molecule has 0 aliphatic heterocycles. The minimum atomic E-state index is 0.655. The average molecular weight is 382 g/mol. The zero-order valence-electron chi connectivity index (χ0n) is 15.2. The lowest BCUT2D eigenvalue weighted by molar-refractivity contribution is 0.886. The molecule has 0 fully saturated rings. The smallest absolute Gasteiger partial charge is 0.215 e. The Bertz CT molecular complexity index is 1250. The second-order valence-corrected chi connectivity index (χ2v) is 7.70. The Hall–Kier alpha value is -3.18. The molecule has 2 heterocycles. The summed E-state index contributed by atoms with van der Waals surface area (Å²) in [7, 11) is 0. The first kappa shape index (κ1) is 17.0. The van der Waals surface area contributed by atoms with Crippen molar-refractivity contribution in [3.05, 3.63) is 102 Å². The molecule has 5 rings (SSSR count). The molecule has 0 radical (unpaired) electrons. The molecule has 5 aromatic rings. The van der Waals surface area contributed by atoms with Crippen LogP contribution in [0.1, 0.15) is 17.1 Å². The van der Waals surface area contributed by atoms with Gasteiger partial charge in [-0.1, -0.05) is 60.7 Å². The molecule has 5 heteroatoms. The highest BCUT2D eigenvalue weighted by atomic mass is 32.2. The maximum Gasteiger partial charge on any atom is 0.252 e. The molecule has 0 atom stereocenters. The molecule has 0 amide bonds. The largest absolute Gasteiger partial charge is 0.252 e. The van der Waals surface area contributed by atoms with Crippen molar-refractivity contribution in [3.8, 4) is 0 Å². The van der Waals surface area contributed by atoms with E-state index in [0.717, 1.165) is 17.3 Å². The average Bonchev–Trinajstić information content (AvgIpc) is 3.14. The molecule has 0 spiro atoms. The van der Waals surface area contributed by atoms with E-state index in [4.69, 9.17) is 0 Å². The maximum absolute atomic E-state index is 4.68. The van der Waals surface area contributed by atoms with Crippen LogP contribution in [0, 0.1) is 0 Å². The fourth-order valence-corrected chi connectivity index (χ4v) is 4.05. The van der Waals surface area contributed by atoms with Gasteiger partial charge in [-0.15, -0.1) is 16.9 Å². The van der Waals surface area contributed by atoms with Crippen molar-refractivity contribution < 1.29 is 0 Å². The van der Waals surface area contributed by atoms with Gasteiger partial charge < -0.3 is 0 Å². The predicted molar refractivity (Wildman–Crippen MR) is 114 cm³/mol. The van der Waals surface area contributed by atoms with Gasteiger partial charge in [-0.3, -0.25) is 0 Å². The van der Waals surface area contributed by atoms with Gasteiger partial charge in [0.15, 0.2) is 5.82 Å². The van der Waals surface area contributed by atoms with Crippen molar-refractivity contribution in [3.63, 3.8) is 0 Å². The Balaban J connectivity index is 1.32. The minimum Gasteiger partial charge on any atom is -0.215 e. The molecule has 2 aromatic heterocycles. The van der Waals surface area contributed by atoms with Crippen molar-refractivity contribution >= 4 is 28.3 Å². The van der Waals surface area contributed by atoms with Crippen LogP contribution < -0.4 is 0 Å². The van der Waals surface area contributed by atoms with Crippen LogP contribution in [-0.2, 0) is 12.2 Å². The third-order valence-corrected chi connectivity index (χ3v) is 5.65. The Morgan fingerprint density at radius 2 is 1.61 bits per heavy atom. The molecular formula is C23H18N4S. The molecule has 28 heavy (non-hydrogen) atoms. The van der Waals surface area contributed by atoms with Crippen LogP contribution in [-0.4, -0.2) is 19.6 Å². The summed E-state index contributed by atoms with van der Waals surface area (Å²) >= 11 is 1.79. The van der Waals surface area contributed by atoms with E-state index in [-0.39, 0.29) is 0 Å². The Morgan fingerprint density at radius 1 is 0.786 bits per heavy atom. The first-order valence-electron chi connectivity index (χ1n) is 9.20. The lowest BCUT2D eigenvalue weighted by Crippen LogP contribution is -1.94. The normalized spacial score (nSPS) is 11.3. The van der Waals surface area contributed by atoms with E-state index in [1.54, 1.807) is 16.3 Å². The van der Waals surface area contributed by atoms with Crippen molar-refractivity contribution in [1.82, 2.24) is 19.6 Å². The fourth-order valence-electron chi connectivity index (χ4n) is 3.20. The third-order valence-electron chi connectivity index (χ3n) is 4.62. The minimum absolute atomic E-state index is 0.655. The van der Waals surface area contributed by atoms with E-state index in [1.807, 2.05) is 30.5 Å². The van der Waals surface area contributed by atoms with Gasteiger partial charge in [0, 0.05) is 23.3 Å². The summed E-state index contributed by atoms with van der Waals surface area (Å²) in [5, 5.41) is 7.07. The first-order valence-corrected chi connectivity index (χ1v) is 10.2. The molecule has 0 saturated carbocycles. The fraction of sp³-hybridized carbons (Fsp3) is 0.0870. The number of benzene rings is 3. The number of aromatic nitrogens is 4. The summed E-state index contributed by atoms with van der Waals surface area (Å²) in [4.78, 5) is 10.5. The molecule has 0 aliphatic carbocycles. The highest BCUT2D eigenvalue weighted by Crippen LogP contribution is 2.26. The highest BCUT2D eigenvalue weighted by molar-refractivity contribution is 7.98. The Morgan fingerprint density at radius 3 is 2.50 bits per heavy atom. The van der Waals surface area contributed by atoms with E-state index < -0.39 is 0 Å². The van der Waals surface area contributed by atoms with E-state index >= 15 is 0 Å². The van der Waals surface area contributed by atoms with Gasteiger partial charge in [0.25, 0.3) is 5.78 Å². The second-order valence-electron chi connectivity index (χ2n) is 6.65. The van der Waals surface area contributed by atoms with E-state index in [0.29, 0.717) is 12.2 Å². The molecule has 0 bridgehead atoms. The Labute approximate surface area is 167 Å². The molecule has 136 valence electrons. The molecular weight excluding hydrogens is 364 g/mol. The molecule has 4 nitrogen and oxygen atoms in total. The first-order chi connectivity index (χ1) is 13.8. The lowest BCUT2D eigenvalue weighted by Gasteiger charge is -2.04. The summed E-state index contributed by atoms with van der Waals surface area (Å²) < 4.78 is 1.75. The van der Waals surface area contributed by atoms with Gasteiger partial charge >= 0.3 is 0 Å². The van der Waals surface area contributed by atoms with Gasteiger partial charge in [0.1, 0.15) is 0 Å². The van der Waals surface area contributed by atoms with Crippen molar-refractivity contribution in [2.24, 2.45) is 0 Å². The number of hydrogen-bond donors (Lipinski definition) is 0. The quantitative estimate of drug-likeness (QED) is 0.394. The lowest BCUT2D eigenvalue weighted by atomic mass is 10.1. The van der Waals surface area contributed by atoms with E-state index in [9.17, 15) is 0 Å². The van der Waals surface area contributed by atoms with Gasteiger partial charge in [-0.25, -0.2) is 9.50 Å². The zero-order valence-corrected chi connectivity index (χ0v) is 16.0. The molecule has 0 saturated heterocycles. The number of nitrogens with zero attached hydrogens (tertiary/aromatic N) is 4. The van der Waals surface area contributed by atoms with Crippen LogP contribution in [0.4, 0.5) is 0 Å². The summed E-state index contributed by atoms with van der Waals surface area (Å²) in [5.74, 6) is 2.25. The van der Waals surface area contributed by atoms with Crippen molar-refractivity contribution in [2.75, 3.05) is 0 Å². The Kier molecular flexibility index (Phi) is 4.51. The monoisotopic (exact) mass is 382 g/mol. The molecule has 3 aromatic carbocycles. The van der Waals surface area contributed by atoms with Crippen LogP contribution in [0.3, 0.4) is 0 Å². The number of rotatable bonds is 5. The number of thioether (sulfide) groups is 1. The van der Waals surface area contributed by atoms with Gasteiger partial charge in [-0.05, 0) is 34.5 Å². The standard InChI is InChI=1S/C23H18N4S/c1-2-6-17(7-3-1)14-22-25-23-24-20(12-13-27(23)26-22)16-28-21-11-10-18-8-4-5-9-19(18)15-21/h1-13,15H,14,16H2. The van der Waals surface area contributed by atoms with Gasteiger partial charge in [0.05, 0.1) is 5.69 Å².